The summed E-state index contributed by atoms with van der Waals surface area (Å²) in [6, 6.07) is 8.87. The first-order valence-electron chi connectivity index (χ1n) is 7.58. The molecule has 0 fully saturated rings. The zero-order chi connectivity index (χ0) is 18.4. The molecule has 0 atom stereocenters. The average Bonchev–Trinajstić information content (AvgIpc) is 2.68. The molecule has 0 aliphatic heterocycles. The van der Waals surface area contributed by atoms with Crippen LogP contribution in [0.2, 0.25) is 0 Å². The number of anilines is 3. The highest BCUT2D eigenvalue weighted by Gasteiger charge is 2.10. The number of hydrogen-bond acceptors (Lipinski definition) is 8. The molecular weight excluding hydrogens is 332 g/mol. The maximum absolute atomic E-state index is 12.2. The minimum absolute atomic E-state index is 0.0244. The Kier molecular flexibility index (Phi) is 4.95. The summed E-state index contributed by atoms with van der Waals surface area (Å²) in [7, 11) is 0. The van der Waals surface area contributed by atoms with E-state index < -0.39 is 5.91 Å². The van der Waals surface area contributed by atoms with Crippen LogP contribution in [0.4, 0.5) is 17.2 Å². The van der Waals surface area contributed by atoms with Crippen LogP contribution in [0.3, 0.4) is 0 Å². The Labute approximate surface area is 149 Å². The molecule has 9 nitrogen and oxygen atoms in total. The van der Waals surface area contributed by atoms with Crippen molar-refractivity contribution >= 4 is 23.1 Å². The number of nitrogens with one attached hydrogen (secondary N) is 2. The minimum Gasteiger partial charge on any atom is -0.382 e. The Balaban J connectivity index is 1.66. The van der Waals surface area contributed by atoms with Crippen LogP contribution in [0.1, 0.15) is 21.9 Å². The molecule has 0 aromatic carbocycles. The molecule has 4 N–H and O–H groups in total. The van der Waals surface area contributed by atoms with Crippen molar-refractivity contribution in [2.45, 2.75) is 6.54 Å². The Morgan fingerprint density at radius 1 is 1.15 bits per heavy atom. The standard InChI is InChI=1S/C17H14N8O/c18-7-11-8-23-16(24-9-11)17(26)25-12-3-5-20-13(6-12)10-22-14-2-1-4-21-15(14)19/h1-6,8-9,22H,10H2,(H2,19,21)(H,20,25,26). The summed E-state index contributed by atoms with van der Waals surface area (Å²) in [4.78, 5) is 28.1. The zero-order valence-corrected chi connectivity index (χ0v) is 13.5. The second-order valence-electron chi connectivity index (χ2n) is 5.19. The van der Waals surface area contributed by atoms with Crippen molar-refractivity contribution in [3.63, 3.8) is 0 Å². The van der Waals surface area contributed by atoms with Crippen molar-refractivity contribution in [2.24, 2.45) is 0 Å². The number of rotatable bonds is 5. The van der Waals surface area contributed by atoms with E-state index in [0.29, 0.717) is 29.4 Å². The molecular formula is C17H14N8O. The van der Waals surface area contributed by atoms with Gasteiger partial charge in [-0.05, 0) is 24.3 Å². The maximum Gasteiger partial charge on any atom is 0.293 e. The molecule has 0 aliphatic carbocycles. The van der Waals surface area contributed by atoms with Gasteiger partial charge in [0.05, 0.1) is 23.5 Å². The van der Waals surface area contributed by atoms with Crippen LogP contribution in [0.15, 0.2) is 49.1 Å². The molecule has 0 radical (unpaired) electrons. The predicted octanol–water partition coefficient (Wildman–Crippen LogP) is 1.58. The third-order valence-electron chi connectivity index (χ3n) is 3.36. The molecule has 0 saturated carbocycles. The summed E-state index contributed by atoms with van der Waals surface area (Å²) in [5.74, 6) is -0.102. The molecule has 0 unspecified atom stereocenters. The number of nitrogens with zero attached hydrogens (tertiary/aromatic N) is 5. The molecule has 3 rings (SSSR count). The number of carbonyl (C=O) groups is 1. The van der Waals surface area contributed by atoms with Crippen molar-refractivity contribution in [2.75, 3.05) is 16.4 Å². The Morgan fingerprint density at radius 2 is 1.96 bits per heavy atom. The third-order valence-corrected chi connectivity index (χ3v) is 3.36. The first kappa shape index (κ1) is 16.8. The molecule has 3 aromatic rings. The fraction of sp³-hybridized carbons (Fsp3) is 0.0588. The van der Waals surface area contributed by atoms with Gasteiger partial charge < -0.3 is 16.4 Å². The van der Waals surface area contributed by atoms with Crippen LogP contribution in [-0.2, 0) is 6.54 Å². The summed E-state index contributed by atoms with van der Waals surface area (Å²) in [6.45, 7) is 0.410. The van der Waals surface area contributed by atoms with Gasteiger partial charge in [-0.25, -0.2) is 15.0 Å². The molecule has 26 heavy (non-hydrogen) atoms. The average molecular weight is 346 g/mol. The largest absolute Gasteiger partial charge is 0.382 e. The van der Waals surface area contributed by atoms with Gasteiger partial charge >= 0.3 is 0 Å². The van der Waals surface area contributed by atoms with E-state index in [0.717, 1.165) is 0 Å². The number of hydrogen-bond donors (Lipinski definition) is 3. The third kappa shape index (κ3) is 4.07. The predicted molar refractivity (Wildman–Crippen MR) is 94.9 cm³/mol. The second kappa shape index (κ2) is 7.67. The lowest BCUT2D eigenvalue weighted by Crippen LogP contribution is -2.16. The van der Waals surface area contributed by atoms with Gasteiger partial charge in [0.2, 0.25) is 5.82 Å². The lowest BCUT2D eigenvalue weighted by molar-refractivity contribution is 0.101. The summed E-state index contributed by atoms with van der Waals surface area (Å²) in [5.41, 5.74) is 8.02. The number of amides is 1. The van der Waals surface area contributed by atoms with Crippen LogP contribution < -0.4 is 16.4 Å². The van der Waals surface area contributed by atoms with E-state index >= 15 is 0 Å². The van der Waals surface area contributed by atoms with Gasteiger partial charge in [0, 0.05) is 30.5 Å². The number of nitriles is 1. The molecule has 3 aromatic heterocycles. The highest BCUT2D eigenvalue weighted by Crippen LogP contribution is 2.16. The molecule has 9 heteroatoms. The smallest absolute Gasteiger partial charge is 0.293 e. The minimum atomic E-state index is -0.476. The van der Waals surface area contributed by atoms with E-state index in [-0.39, 0.29) is 11.4 Å². The highest BCUT2D eigenvalue weighted by molar-refractivity contribution is 6.01. The summed E-state index contributed by atoms with van der Waals surface area (Å²) < 4.78 is 0. The first-order valence-corrected chi connectivity index (χ1v) is 7.58. The van der Waals surface area contributed by atoms with Crippen LogP contribution >= 0.6 is 0 Å². The van der Waals surface area contributed by atoms with E-state index in [1.54, 1.807) is 30.6 Å². The van der Waals surface area contributed by atoms with Crippen LogP contribution in [0.5, 0.6) is 0 Å². The molecule has 1 amide bonds. The second-order valence-corrected chi connectivity index (χ2v) is 5.19. The van der Waals surface area contributed by atoms with Gasteiger partial charge in [-0.1, -0.05) is 0 Å². The van der Waals surface area contributed by atoms with Gasteiger partial charge in [0.15, 0.2) is 0 Å². The van der Waals surface area contributed by atoms with Crippen molar-refractivity contribution in [1.29, 1.82) is 5.26 Å². The lowest BCUT2D eigenvalue weighted by Gasteiger charge is -2.09. The van der Waals surface area contributed by atoms with Gasteiger partial charge in [0.25, 0.3) is 5.91 Å². The van der Waals surface area contributed by atoms with E-state index in [4.69, 9.17) is 11.0 Å². The topological polar surface area (TPSA) is 142 Å². The lowest BCUT2D eigenvalue weighted by atomic mass is 10.3. The van der Waals surface area contributed by atoms with Crippen molar-refractivity contribution in [1.82, 2.24) is 19.9 Å². The molecule has 0 bridgehead atoms. The summed E-state index contributed by atoms with van der Waals surface area (Å²) in [5, 5.41) is 14.6. The van der Waals surface area contributed by atoms with E-state index in [2.05, 4.69) is 30.6 Å². The van der Waals surface area contributed by atoms with Crippen LogP contribution in [0.25, 0.3) is 0 Å². The number of nitrogens with two attached hydrogens (primary N) is 1. The molecule has 0 aliphatic rings. The van der Waals surface area contributed by atoms with Crippen molar-refractivity contribution in [3.05, 3.63) is 66.1 Å². The fourth-order valence-corrected chi connectivity index (χ4v) is 2.10. The quantitative estimate of drug-likeness (QED) is 0.632. The number of nitrogen functional groups attached to an aromatic ring is 1. The van der Waals surface area contributed by atoms with Gasteiger partial charge in [0.1, 0.15) is 11.9 Å². The van der Waals surface area contributed by atoms with Gasteiger partial charge in [-0.3, -0.25) is 9.78 Å². The zero-order valence-electron chi connectivity index (χ0n) is 13.5. The highest BCUT2D eigenvalue weighted by atomic mass is 16.2. The van der Waals surface area contributed by atoms with Crippen molar-refractivity contribution in [3.8, 4) is 6.07 Å². The monoisotopic (exact) mass is 346 g/mol. The number of aromatic nitrogens is 4. The fourth-order valence-electron chi connectivity index (χ4n) is 2.10. The molecule has 3 heterocycles. The summed E-state index contributed by atoms with van der Waals surface area (Å²) >= 11 is 0. The molecule has 128 valence electrons. The van der Waals surface area contributed by atoms with Crippen molar-refractivity contribution < 1.29 is 4.79 Å². The normalized spacial score (nSPS) is 9.96. The Hall–Kier alpha value is -4.06. The van der Waals surface area contributed by atoms with E-state index in [9.17, 15) is 4.79 Å². The SMILES string of the molecule is N#Cc1cnc(C(=O)Nc2ccnc(CNc3cccnc3N)c2)nc1. The number of carbonyl (C=O) groups excluding carboxylic acids is 1. The summed E-state index contributed by atoms with van der Waals surface area (Å²) in [6.07, 6.45) is 5.78. The van der Waals surface area contributed by atoms with Gasteiger partial charge in [-0.15, -0.1) is 0 Å². The molecule has 0 saturated heterocycles. The molecule has 0 spiro atoms. The maximum atomic E-state index is 12.2. The van der Waals surface area contributed by atoms with Crippen LogP contribution in [0, 0.1) is 11.3 Å². The van der Waals surface area contributed by atoms with Gasteiger partial charge in [-0.2, -0.15) is 5.26 Å². The first-order chi connectivity index (χ1) is 12.7. The number of pyridine rings is 2. The Morgan fingerprint density at radius 3 is 2.69 bits per heavy atom. The Bertz CT molecular complexity index is 965. The van der Waals surface area contributed by atoms with Crippen LogP contribution in [-0.4, -0.2) is 25.8 Å². The van der Waals surface area contributed by atoms with E-state index in [1.165, 1.54) is 12.4 Å². The van der Waals surface area contributed by atoms with E-state index in [1.807, 2.05) is 12.1 Å².